The number of hydrogen-bond donors (Lipinski definition) is 1. The Morgan fingerprint density at radius 2 is 2.08 bits per heavy atom. The highest BCUT2D eigenvalue weighted by molar-refractivity contribution is 6.30. The van der Waals surface area contributed by atoms with Crippen LogP contribution >= 0.6 is 11.6 Å². The van der Waals surface area contributed by atoms with Gasteiger partial charge in [0.15, 0.2) is 0 Å². The Morgan fingerprint density at radius 1 is 1.33 bits per heavy atom. The molecule has 0 saturated heterocycles. The molecule has 0 spiro atoms. The number of nitriles is 1. The predicted octanol–water partition coefficient (Wildman–Crippen LogP) is 3.66. The zero-order valence-corrected chi connectivity index (χ0v) is 14.0. The van der Waals surface area contributed by atoms with Crippen molar-refractivity contribution in [3.63, 3.8) is 0 Å². The van der Waals surface area contributed by atoms with Crippen molar-refractivity contribution in [2.45, 2.75) is 6.42 Å². The number of halogens is 1. The van der Waals surface area contributed by atoms with Gasteiger partial charge in [-0.05, 0) is 42.8 Å². The van der Waals surface area contributed by atoms with E-state index in [2.05, 4.69) is 5.32 Å². The number of carbonyl (C=O) groups excluding carboxylic acids is 1. The molecule has 0 aliphatic rings. The van der Waals surface area contributed by atoms with E-state index >= 15 is 0 Å². The molecule has 2 rings (SSSR count). The van der Waals surface area contributed by atoms with Crippen LogP contribution in [-0.4, -0.2) is 26.2 Å². The first-order chi connectivity index (χ1) is 11.6. The third kappa shape index (κ3) is 4.98. The monoisotopic (exact) mass is 344 g/mol. The van der Waals surface area contributed by atoms with Gasteiger partial charge in [0.25, 0.3) is 5.91 Å². The Hall–Kier alpha value is -2.55. The number of nitrogens with zero attached hydrogens (tertiary/aromatic N) is 1. The van der Waals surface area contributed by atoms with Gasteiger partial charge in [-0.2, -0.15) is 5.26 Å². The summed E-state index contributed by atoms with van der Waals surface area (Å²) in [5.74, 6) is 0.636. The predicted molar refractivity (Wildman–Crippen MR) is 92.2 cm³/mol. The third-order valence-corrected chi connectivity index (χ3v) is 3.47. The first-order valence-corrected chi connectivity index (χ1v) is 7.76. The number of ether oxygens (including phenoxy) is 1. The highest BCUT2D eigenvalue weighted by Crippen LogP contribution is 2.24. The second-order valence-corrected chi connectivity index (χ2v) is 5.42. The van der Waals surface area contributed by atoms with E-state index in [-0.39, 0.29) is 5.57 Å². The molecular formula is C18H17ClN2O3. The lowest BCUT2D eigenvalue weighted by atomic mass is 10.2. The first-order valence-electron chi connectivity index (χ1n) is 7.38. The molecule has 0 radical (unpaired) electrons. The molecule has 0 aliphatic heterocycles. The van der Waals surface area contributed by atoms with Crippen LogP contribution in [0.25, 0.3) is 17.4 Å². The number of amides is 1. The van der Waals surface area contributed by atoms with E-state index in [1.165, 1.54) is 6.08 Å². The van der Waals surface area contributed by atoms with Crippen LogP contribution < -0.4 is 5.32 Å². The summed E-state index contributed by atoms with van der Waals surface area (Å²) in [6, 6.07) is 12.6. The lowest BCUT2D eigenvalue weighted by molar-refractivity contribution is -0.117. The maximum Gasteiger partial charge on any atom is 0.262 e. The quantitative estimate of drug-likeness (QED) is 0.472. The molecule has 1 aromatic carbocycles. The van der Waals surface area contributed by atoms with Gasteiger partial charge in [-0.1, -0.05) is 11.6 Å². The van der Waals surface area contributed by atoms with Gasteiger partial charge < -0.3 is 14.5 Å². The average Bonchev–Trinajstić information content (AvgIpc) is 3.05. The molecule has 0 aliphatic carbocycles. The van der Waals surface area contributed by atoms with E-state index in [0.717, 1.165) is 5.56 Å². The number of hydrogen-bond acceptors (Lipinski definition) is 4. The van der Waals surface area contributed by atoms with Gasteiger partial charge >= 0.3 is 0 Å². The summed E-state index contributed by atoms with van der Waals surface area (Å²) < 4.78 is 10.6. The van der Waals surface area contributed by atoms with Gasteiger partial charge in [0, 0.05) is 36.9 Å². The fraction of sp³-hybridized carbons (Fsp3) is 0.222. The maximum absolute atomic E-state index is 12.0. The van der Waals surface area contributed by atoms with Crippen molar-refractivity contribution in [3.05, 3.63) is 52.8 Å². The molecule has 0 unspecified atom stereocenters. The minimum atomic E-state index is -0.432. The first kappa shape index (κ1) is 17.8. The normalized spacial score (nSPS) is 11.1. The molecule has 0 saturated carbocycles. The zero-order chi connectivity index (χ0) is 17.4. The van der Waals surface area contributed by atoms with Crippen LogP contribution in [0.1, 0.15) is 12.2 Å². The summed E-state index contributed by atoms with van der Waals surface area (Å²) in [7, 11) is 1.59. The van der Waals surface area contributed by atoms with Crippen molar-refractivity contribution in [1.29, 1.82) is 5.26 Å². The van der Waals surface area contributed by atoms with E-state index in [9.17, 15) is 4.79 Å². The number of furan rings is 1. The van der Waals surface area contributed by atoms with Crippen LogP contribution in [-0.2, 0) is 9.53 Å². The van der Waals surface area contributed by atoms with Crippen molar-refractivity contribution < 1.29 is 13.9 Å². The Bertz CT molecular complexity index is 757. The lowest BCUT2D eigenvalue weighted by Crippen LogP contribution is -2.26. The van der Waals surface area contributed by atoms with Crippen LogP contribution in [0.3, 0.4) is 0 Å². The second-order valence-electron chi connectivity index (χ2n) is 4.98. The fourth-order valence-corrected chi connectivity index (χ4v) is 2.13. The van der Waals surface area contributed by atoms with Crippen molar-refractivity contribution in [2.24, 2.45) is 0 Å². The maximum atomic E-state index is 12.0. The number of nitrogens with one attached hydrogen (secondary N) is 1. The van der Waals surface area contributed by atoms with E-state index in [1.54, 1.807) is 31.4 Å². The van der Waals surface area contributed by atoms with Crippen molar-refractivity contribution in [1.82, 2.24) is 5.32 Å². The van der Waals surface area contributed by atoms with Gasteiger partial charge in [0.1, 0.15) is 23.2 Å². The second kappa shape index (κ2) is 8.92. The minimum Gasteiger partial charge on any atom is -0.457 e. The van der Waals surface area contributed by atoms with E-state index in [4.69, 9.17) is 26.0 Å². The Balaban J connectivity index is 2.07. The molecule has 6 heteroatoms. The van der Waals surface area contributed by atoms with Crippen LogP contribution in [0.5, 0.6) is 0 Å². The van der Waals surface area contributed by atoms with E-state index in [1.807, 2.05) is 18.2 Å². The molecule has 1 heterocycles. The molecule has 2 aromatic rings. The summed E-state index contributed by atoms with van der Waals surface area (Å²) in [5.41, 5.74) is 0.853. The van der Waals surface area contributed by atoms with Crippen LogP contribution in [0.15, 0.2) is 46.4 Å². The summed E-state index contributed by atoms with van der Waals surface area (Å²) in [6.45, 7) is 0.994. The Kier molecular flexibility index (Phi) is 6.62. The third-order valence-electron chi connectivity index (χ3n) is 3.22. The van der Waals surface area contributed by atoms with Gasteiger partial charge in [-0.3, -0.25) is 4.79 Å². The van der Waals surface area contributed by atoms with Crippen LogP contribution in [0.4, 0.5) is 0 Å². The summed E-state index contributed by atoms with van der Waals surface area (Å²) in [6.07, 6.45) is 2.10. The van der Waals surface area contributed by atoms with Crippen molar-refractivity contribution in [3.8, 4) is 17.4 Å². The molecule has 5 nitrogen and oxygen atoms in total. The van der Waals surface area contributed by atoms with Crippen LogP contribution in [0.2, 0.25) is 5.02 Å². The fourth-order valence-electron chi connectivity index (χ4n) is 2.00. The summed E-state index contributed by atoms with van der Waals surface area (Å²) in [5, 5.41) is 12.5. The molecule has 1 N–H and O–H groups in total. The van der Waals surface area contributed by atoms with Gasteiger partial charge in [0.2, 0.25) is 0 Å². The number of rotatable bonds is 7. The number of benzene rings is 1. The highest BCUT2D eigenvalue weighted by atomic mass is 35.5. The molecular weight excluding hydrogens is 328 g/mol. The topological polar surface area (TPSA) is 75.3 Å². The zero-order valence-electron chi connectivity index (χ0n) is 13.2. The minimum absolute atomic E-state index is 0.00979. The van der Waals surface area contributed by atoms with Gasteiger partial charge in [-0.15, -0.1) is 0 Å². The SMILES string of the molecule is COCCCNC(=O)C(C#N)=Cc1ccc(-c2ccc(Cl)cc2)o1. The molecule has 1 amide bonds. The summed E-state index contributed by atoms with van der Waals surface area (Å²) in [4.78, 5) is 12.0. The molecule has 24 heavy (non-hydrogen) atoms. The molecule has 1 aromatic heterocycles. The number of carbonyl (C=O) groups is 1. The van der Waals surface area contributed by atoms with Crippen molar-refractivity contribution >= 4 is 23.6 Å². The van der Waals surface area contributed by atoms with Crippen LogP contribution in [0, 0.1) is 11.3 Å². The summed E-state index contributed by atoms with van der Waals surface area (Å²) >= 11 is 5.86. The Morgan fingerprint density at radius 3 is 2.75 bits per heavy atom. The van der Waals surface area contributed by atoms with E-state index in [0.29, 0.717) is 36.1 Å². The largest absolute Gasteiger partial charge is 0.457 e. The number of methoxy groups -OCH3 is 1. The standard InChI is InChI=1S/C18H17ClN2O3/c1-23-10-2-9-21-18(22)14(12-20)11-16-7-8-17(24-16)13-3-5-15(19)6-4-13/h3-8,11H,2,9-10H2,1H3,(H,21,22). The smallest absolute Gasteiger partial charge is 0.262 e. The Labute approximate surface area is 145 Å². The molecule has 0 bridgehead atoms. The molecule has 0 fully saturated rings. The van der Waals surface area contributed by atoms with Gasteiger partial charge in [-0.25, -0.2) is 0 Å². The molecule has 124 valence electrons. The van der Waals surface area contributed by atoms with Gasteiger partial charge in [0.05, 0.1) is 0 Å². The van der Waals surface area contributed by atoms with E-state index < -0.39 is 5.91 Å². The average molecular weight is 345 g/mol. The highest BCUT2D eigenvalue weighted by Gasteiger charge is 2.10. The molecule has 0 atom stereocenters. The van der Waals surface area contributed by atoms with Crippen molar-refractivity contribution in [2.75, 3.05) is 20.3 Å². The lowest BCUT2D eigenvalue weighted by Gasteiger charge is -2.03.